The maximum atomic E-state index is 14.5. The smallest absolute Gasteiger partial charge is 0.217 e. The predicted molar refractivity (Wildman–Crippen MR) is 111 cm³/mol. The number of nitrogens with two attached hydrogens (primary N) is 1. The van der Waals surface area contributed by atoms with Crippen molar-refractivity contribution in [3.63, 3.8) is 0 Å². The van der Waals surface area contributed by atoms with E-state index in [9.17, 15) is 4.39 Å². The van der Waals surface area contributed by atoms with Gasteiger partial charge in [0, 0.05) is 30.6 Å². The average molecular weight is 405 g/mol. The molecule has 4 aromatic heterocycles. The van der Waals surface area contributed by atoms with Gasteiger partial charge in [-0.2, -0.15) is 4.39 Å². The number of halogens is 1. The molecule has 152 valence electrons. The van der Waals surface area contributed by atoms with Gasteiger partial charge in [-0.3, -0.25) is 4.98 Å². The Morgan fingerprint density at radius 2 is 2.13 bits per heavy atom. The van der Waals surface area contributed by atoms with Crippen LogP contribution in [0.2, 0.25) is 0 Å². The first-order valence-corrected chi connectivity index (χ1v) is 9.79. The van der Waals surface area contributed by atoms with E-state index in [1.54, 1.807) is 18.5 Å². The van der Waals surface area contributed by atoms with Gasteiger partial charge in [-0.1, -0.05) is 6.07 Å². The fraction of sp³-hybridized carbons (Fsp3) is 0.227. The van der Waals surface area contributed by atoms with Crippen LogP contribution in [0.15, 0.2) is 48.8 Å². The van der Waals surface area contributed by atoms with Gasteiger partial charge < -0.3 is 20.2 Å². The minimum absolute atomic E-state index is 0.0148. The summed E-state index contributed by atoms with van der Waals surface area (Å²) in [5.74, 6) is 0.146. The summed E-state index contributed by atoms with van der Waals surface area (Å²) < 4.78 is 26.1. The molecule has 4 aromatic rings. The first-order chi connectivity index (χ1) is 14.7. The van der Waals surface area contributed by atoms with E-state index in [1.165, 1.54) is 6.07 Å². The minimum atomic E-state index is -0.623. The summed E-state index contributed by atoms with van der Waals surface area (Å²) in [6, 6.07) is 10.4. The van der Waals surface area contributed by atoms with Crippen LogP contribution in [0.3, 0.4) is 0 Å². The van der Waals surface area contributed by atoms with Crippen LogP contribution in [0.4, 0.5) is 10.2 Å². The number of nitrogens with zero attached hydrogens (tertiary/aromatic N) is 3. The number of ether oxygens (including phenoxy) is 2. The molecule has 0 amide bonds. The average Bonchev–Trinajstić information content (AvgIpc) is 3.40. The lowest BCUT2D eigenvalue weighted by molar-refractivity contribution is 0.0683. The molecule has 0 radical (unpaired) electrons. The van der Waals surface area contributed by atoms with E-state index in [-0.39, 0.29) is 6.10 Å². The van der Waals surface area contributed by atoms with Crippen LogP contribution in [-0.4, -0.2) is 39.3 Å². The number of nitrogen functional groups attached to an aromatic ring is 1. The Bertz CT molecular complexity index is 1190. The van der Waals surface area contributed by atoms with Crippen molar-refractivity contribution in [1.82, 2.24) is 19.9 Å². The number of rotatable bonds is 5. The van der Waals surface area contributed by atoms with Crippen molar-refractivity contribution in [2.45, 2.75) is 18.9 Å². The summed E-state index contributed by atoms with van der Waals surface area (Å²) in [4.78, 5) is 16.0. The van der Waals surface area contributed by atoms with Crippen LogP contribution >= 0.6 is 0 Å². The summed E-state index contributed by atoms with van der Waals surface area (Å²) in [5.41, 5.74) is 9.80. The van der Waals surface area contributed by atoms with Gasteiger partial charge in [0.25, 0.3) is 0 Å². The number of H-pyrrole nitrogens is 1. The van der Waals surface area contributed by atoms with Crippen molar-refractivity contribution in [3.05, 3.63) is 54.7 Å². The fourth-order valence-corrected chi connectivity index (χ4v) is 3.75. The van der Waals surface area contributed by atoms with E-state index < -0.39 is 5.95 Å². The van der Waals surface area contributed by atoms with Crippen LogP contribution in [0, 0.1) is 5.95 Å². The molecule has 1 unspecified atom stereocenters. The third-order valence-electron chi connectivity index (χ3n) is 5.13. The number of pyridine rings is 3. The first-order valence-electron chi connectivity index (χ1n) is 9.79. The zero-order valence-corrected chi connectivity index (χ0v) is 16.1. The summed E-state index contributed by atoms with van der Waals surface area (Å²) in [6.07, 6.45) is 5.27. The fourth-order valence-electron chi connectivity index (χ4n) is 3.75. The topological polar surface area (TPSA) is 98.9 Å². The SMILES string of the molecule is Nc1cc(-c2[nH]c3c(OCC4CCCO4)cc(F)nc3c2-c2ccccn2)ccn1. The lowest BCUT2D eigenvalue weighted by Gasteiger charge is -2.12. The van der Waals surface area contributed by atoms with E-state index >= 15 is 0 Å². The Morgan fingerprint density at radius 1 is 1.20 bits per heavy atom. The van der Waals surface area contributed by atoms with E-state index in [2.05, 4.69) is 19.9 Å². The molecule has 1 aliphatic heterocycles. The monoisotopic (exact) mass is 405 g/mol. The highest BCUT2D eigenvalue weighted by Gasteiger charge is 2.23. The second-order valence-electron chi connectivity index (χ2n) is 7.17. The van der Waals surface area contributed by atoms with Crippen LogP contribution in [0.1, 0.15) is 12.8 Å². The molecule has 3 N–H and O–H groups in total. The van der Waals surface area contributed by atoms with Gasteiger partial charge in [0.15, 0.2) is 0 Å². The number of anilines is 1. The van der Waals surface area contributed by atoms with Gasteiger partial charge in [-0.25, -0.2) is 9.97 Å². The molecule has 0 spiro atoms. The zero-order chi connectivity index (χ0) is 20.5. The van der Waals surface area contributed by atoms with Crippen molar-refractivity contribution in [3.8, 4) is 28.3 Å². The molecule has 0 aliphatic carbocycles. The van der Waals surface area contributed by atoms with Crippen LogP contribution in [0.5, 0.6) is 5.75 Å². The molecule has 1 aliphatic rings. The maximum absolute atomic E-state index is 14.5. The van der Waals surface area contributed by atoms with Gasteiger partial charge in [-0.15, -0.1) is 0 Å². The maximum Gasteiger partial charge on any atom is 0.217 e. The quantitative estimate of drug-likeness (QED) is 0.488. The molecule has 5 rings (SSSR count). The van der Waals surface area contributed by atoms with Gasteiger partial charge in [-0.05, 0) is 37.1 Å². The zero-order valence-electron chi connectivity index (χ0n) is 16.1. The highest BCUT2D eigenvalue weighted by molar-refractivity contribution is 6.02. The van der Waals surface area contributed by atoms with Crippen molar-refractivity contribution in [1.29, 1.82) is 0 Å². The van der Waals surface area contributed by atoms with Crippen molar-refractivity contribution < 1.29 is 13.9 Å². The molecule has 7 nitrogen and oxygen atoms in total. The predicted octanol–water partition coefficient (Wildman–Crippen LogP) is 3.97. The number of fused-ring (bicyclic) bond motifs is 1. The van der Waals surface area contributed by atoms with E-state index in [1.807, 2.05) is 24.3 Å². The lowest BCUT2D eigenvalue weighted by Crippen LogP contribution is -2.16. The standard InChI is InChI=1S/C22H20FN5O2/c23-17-11-16(30-12-14-4-3-9-29-14)21-22(27-17)19(15-5-1-2-7-25-15)20(28-21)13-6-8-26-18(24)10-13/h1-2,5-8,10-11,14,28H,3-4,9,12H2,(H2,24,26). The second-order valence-corrected chi connectivity index (χ2v) is 7.17. The lowest BCUT2D eigenvalue weighted by atomic mass is 10.0. The molecule has 8 heteroatoms. The largest absolute Gasteiger partial charge is 0.488 e. The van der Waals surface area contributed by atoms with E-state index in [4.69, 9.17) is 15.2 Å². The number of aromatic nitrogens is 4. The van der Waals surface area contributed by atoms with Crippen LogP contribution in [0.25, 0.3) is 33.5 Å². The number of nitrogens with one attached hydrogen (secondary N) is 1. The highest BCUT2D eigenvalue weighted by Crippen LogP contribution is 2.40. The first kappa shape index (κ1) is 18.5. The second kappa shape index (κ2) is 7.72. The Kier molecular flexibility index (Phi) is 4.76. The molecule has 30 heavy (non-hydrogen) atoms. The number of hydrogen-bond donors (Lipinski definition) is 2. The molecule has 1 atom stereocenters. The van der Waals surface area contributed by atoms with E-state index in [0.717, 1.165) is 30.7 Å². The summed E-state index contributed by atoms with van der Waals surface area (Å²) in [6.45, 7) is 1.09. The normalized spacial score (nSPS) is 16.2. The Morgan fingerprint density at radius 3 is 2.90 bits per heavy atom. The van der Waals surface area contributed by atoms with Crippen molar-refractivity contribution >= 4 is 16.9 Å². The van der Waals surface area contributed by atoms with Crippen molar-refractivity contribution in [2.75, 3.05) is 18.9 Å². The molecular formula is C22H20FN5O2. The summed E-state index contributed by atoms with van der Waals surface area (Å²) in [5, 5.41) is 0. The third-order valence-corrected chi connectivity index (χ3v) is 5.13. The number of hydrogen-bond acceptors (Lipinski definition) is 6. The van der Waals surface area contributed by atoms with Gasteiger partial charge in [0.2, 0.25) is 5.95 Å². The third kappa shape index (κ3) is 3.46. The number of aromatic amines is 1. The minimum Gasteiger partial charge on any atom is -0.488 e. The highest BCUT2D eigenvalue weighted by atomic mass is 19.1. The van der Waals surface area contributed by atoms with Gasteiger partial charge >= 0.3 is 0 Å². The molecule has 1 fully saturated rings. The van der Waals surface area contributed by atoms with Crippen LogP contribution < -0.4 is 10.5 Å². The Hall–Kier alpha value is -3.52. The molecular weight excluding hydrogens is 385 g/mol. The molecule has 5 heterocycles. The Balaban J connectivity index is 1.69. The molecule has 1 saturated heterocycles. The van der Waals surface area contributed by atoms with E-state index in [0.29, 0.717) is 40.5 Å². The summed E-state index contributed by atoms with van der Waals surface area (Å²) >= 11 is 0. The van der Waals surface area contributed by atoms with Gasteiger partial charge in [0.05, 0.1) is 23.1 Å². The van der Waals surface area contributed by atoms with Crippen LogP contribution in [-0.2, 0) is 4.74 Å². The molecule has 0 saturated carbocycles. The molecule has 0 aromatic carbocycles. The summed E-state index contributed by atoms with van der Waals surface area (Å²) in [7, 11) is 0. The van der Waals surface area contributed by atoms with Crippen molar-refractivity contribution in [2.24, 2.45) is 0 Å². The molecule has 0 bridgehead atoms. The van der Waals surface area contributed by atoms with Gasteiger partial charge in [0.1, 0.15) is 29.2 Å². The Labute approximate surface area is 172 Å².